The van der Waals surface area contributed by atoms with Crippen molar-refractivity contribution < 1.29 is 19.5 Å². The number of nitrogens with zero attached hydrogens (tertiary/aromatic N) is 2. The van der Waals surface area contributed by atoms with E-state index in [1.807, 2.05) is 52.0 Å². The Bertz CT molecular complexity index is 999. The molecule has 0 aliphatic heterocycles. The zero-order valence-electron chi connectivity index (χ0n) is 21.9. The standard InChI is InChI=1S/C27H38N4O4/c1-8-30(9-2)20-12-14-22(24(16-20)28-18(5)32)27(7,26(34)35)23-15-13-21(31(10-3)11-4)17-25(23)29-19(6)33/h12-17H,8-11H2,1-7H3,(H,28,32)(H,29,33)(H,34,35). The Kier molecular flexibility index (Phi) is 9.28. The highest BCUT2D eigenvalue weighted by molar-refractivity contribution is 5.98. The van der Waals surface area contributed by atoms with Crippen LogP contribution < -0.4 is 20.4 Å². The molecule has 2 aromatic rings. The molecule has 2 aromatic carbocycles. The number of carbonyl (C=O) groups is 3. The smallest absolute Gasteiger partial charge is 0.318 e. The first-order valence-electron chi connectivity index (χ1n) is 12.1. The predicted octanol–water partition coefficient (Wildman–Crippen LogP) is 4.69. The maximum absolute atomic E-state index is 12.9. The quantitative estimate of drug-likeness (QED) is 0.430. The molecular formula is C27H38N4O4. The van der Waals surface area contributed by atoms with Gasteiger partial charge in [0, 0.05) is 62.8 Å². The highest BCUT2D eigenvalue weighted by Crippen LogP contribution is 2.43. The molecular weight excluding hydrogens is 444 g/mol. The fourth-order valence-electron chi connectivity index (χ4n) is 4.47. The van der Waals surface area contributed by atoms with Crippen molar-refractivity contribution in [2.45, 2.75) is 53.9 Å². The third kappa shape index (κ3) is 5.93. The fraction of sp³-hybridized carbons (Fsp3) is 0.444. The SMILES string of the molecule is CCN(CC)c1ccc(C(C)(C(=O)O)c2ccc(N(CC)CC)cc2NC(C)=O)c(NC(C)=O)c1. The van der Waals surface area contributed by atoms with E-state index in [2.05, 4.69) is 20.4 Å². The van der Waals surface area contributed by atoms with Gasteiger partial charge in [-0.1, -0.05) is 12.1 Å². The molecule has 0 heterocycles. The largest absolute Gasteiger partial charge is 0.480 e. The monoisotopic (exact) mass is 482 g/mol. The van der Waals surface area contributed by atoms with Crippen molar-refractivity contribution in [1.29, 1.82) is 0 Å². The molecule has 0 saturated carbocycles. The summed E-state index contributed by atoms with van der Waals surface area (Å²) in [6, 6.07) is 10.9. The Morgan fingerprint density at radius 2 is 1.09 bits per heavy atom. The number of rotatable bonds is 11. The van der Waals surface area contributed by atoms with E-state index in [0.717, 1.165) is 37.6 Å². The number of amides is 2. The van der Waals surface area contributed by atoms with Crippen LogP contribution in [0.25, 0.3) is 0 Å². The maximum Gasteiger partial charge on any atom is 0.318 e. The van der Waals surface area contributed by atoms with Crippen LogP contribution >= 0.6 is 0 Å². The van der Waals surface area contributed by atoms with Crippen LogP contribution in [0.15, 0.2) is 36.4 Å². The molecule has 0 bridgehead atoms. The minimum absolute atomic E-state index is 0.297. The molecule has 35 heavy (non-hydrogen) atoms. The second-order valence-electron chi connectivity index (χ2n) is 8.60. The van der Waals surface area contributed by atoms with Crippen molar-refractivity contribution in [1.82, 2.24) is 0 Å². The van der Waals surface area contributed by atoms with E-state index >= 15 is 0 Å². The lowest BCUT2D eigenvalue weighted by atomic mass is 9.74. The molecule has 0 spiro atoms. The van der Waals surface area contributed by atoms with Gasteiger partial charge < -0.3 is 25.5 Å². The summed E-state index contributed by atoms with van der Waals surface area (Å²) in [5.74, 6) is -1.69. The zero-order chi connectivity index (χ0) is 26.3. The van der Waals surface area contributed by atoms with Crippen molar-refractivity contribution in [3.63, 3.8) is 0 Å². The third-order valence-corrected chi connectivity index (χ3v) is 6.39. The van der Waals surface area contributed by atoms with Crippen LogP contribution in [0.1, 0.15) is 59.6 Å². The van der Waals surface area contributed by atoms with Gasteiger partial charge in [-0.3, -0.25) is 14.4 Å². The number of hydrogen-bond donors (Lipinski definition) is 3. The van der Waals surface area contributed by atoms with Crippen LogP contribution in [0.5, 0.6) is 0 Å². The van der Waals surface area contributed by atoms with Gasteiger partial charge >= 0.3 is 5.97 Å². The van der Waals surface area contributed by atoms with Crippen molar-refractivity contribution in [3.8, 4) is 0 Å². The van der Waals surface area contributed by atoms with Crippen molar-refractivity contribution >= 4 is 40.5 Å². The Morgan fingerprint density at radius 3 is 1.34 bits per heavy atom. The fourth-order valence-corrected chi connectivity index (χ4v) is 4.47. The summed E-state index contributed by atoms with van der Waals surface area (Å²) in [7, 11) is 0. The van der Waals surface area contributed by atoms with E-state index in [1.165, 1.54) is 13.8 Å². The molecule has 0 unspecified atom stereocenters. The number of hydrogen-bond acceptors (Lipinski definition) is 5. The molecule has 8 heteroatoms. The van der Waals surface area contributed by atoms with E-state index in [0.29, 0.717) is 22.5 Å². The van der Waals surface area contributed by atoms with Crippen LogP contribution in [0.3, 0.4) is 0 Å². The molecule has 0 radical (unpaired) electrons. The number of anilines is 4. The average Bonchev–Trinajstić information content (AvgIpc) is 2.79. The van der Waals surface area contributed by atoms with Crippen LogP contribution in [-0.2, 0) is 19.8 Å². The molecule has 8 nitrogen and oxygen atoms in total. The first kappa shape index (κ1) is 27.7. The van der Waals surface area contributed by atoms with Crippen molar-refractivity contribution in [2.24, 2.45) is 0 Å². The van der Waals surface area contributed by atoms with E-state index in [1.54, 1.807) is 19.1 Å². The molecule has 0 aromatic heterocycles. The second kappa shape index (κ2) is 11.7. The zero-order valence-corrected chi connectivity index (χ0v) is 21.9. The average molecular weight is 483 g/mol. The van der Waals surface area contributed by atoms with Crippen molar-refractivity contribution in [2.75, 3.05) is 46.6 Å². The molecule has 0 fully saturated rings. The lowest BCUT2D eigenvalue weighted by Gasteiger charge is -2.32. The topological polar surface area (TPSA) is 102 Å². The van der Waals surface area contributed by atoms with Gasteiger partial charge in [-0.25, -0.2) is 0 Å². The maximum atomic E-state index is 12.9. The lowest BCUT2D eigenvalue weighted by molar-refractivity contribution is -0.141. The summed E-state index contributed by atoms with van der Waals surface area (Å²) < 4.78 is 0. The van der Waals surface area contributed by atoms with Gasteiger partial charge in [0.2, 0.25) is 11.8 Å². The molecule has 0 saturated heterocycles. The third-order valence-electron chi connectivity index (χ3n) is 6.39. The van der Waals surface area contributed by atoms with Gasteiger partial charge in [0.25, 0.3) is 0 Å². The van der Waals surface area contributed by atoms with E-state index in [-0.39, 0.29) is 11.8 Å². The Balaban J connectivity index is 2.83. The summed E-state index contributed by atoms with van der Waals surface area (Å²) >= 11 is 0. The first-order chi connectivity index (χ1) is 16.5. The molecule has 0 aliphatic rings. The summed E-state index contributed by atoms with van der Waals surface area (Å²) in [4.78, 5) is 41.3. The minimum atomic E-state index is -1.56. The predicted molar refractivity (Wildman–Crippen MR) is 143 cm³/mol. The summed E-state index contributed by atoms with van der Waals surface area (Å²) in [6.07, 6.45) is 0. The lowest BCUT2D eigenvalue weighted by Crippen LogP contribution is -2.36. The van der Waals surface area contributed by atoms with E-state index in [9.17, 15) is 19.5 Å². The van der Waals surface area contributed by atoms with Gasteiger partial charge in [-0.2, -0.15) is 0 Å². The summed E-state index contributed by atoms with van der Waals surface area (Å²) in [6.45, 7) is 15.6. The number of carbonyl (C=O) groups excluding carboxylic acids is 2. The van der Waals surface area contributed by atoms with Gasteiger partial charge in [-0.05, 0) is 70.0 Å². The van der Waals surface area contributed by atoms with Gasteiger partial charge in [0.15, 0.2) is 0 Å². The van der Waals surface area contributed by atoms with Crippen molar-refractivity contribution in [3.05, 3.63) is 47.5 Å². The Hall–Kier alpha value is -3.55. The number of nitrogens with one attached hydrogen (secondary N) is 2. The van der Waals surface area contributed by atoms with E-state index < -0.39 is 11.4 Å². The Morgan fingerprint density at radius 1 is 0.743 bits per heavy atom. The molecule has 0 atom stereocenters. The van der Waals surface area contributed by atoms with Crippen LogP contribution in [-0.4, -0.2) is 49.1 Å². The normalized spacial score (nSPS) is 11.1. The number of carboxylic acids is 1. The molecule has 0 aliphatic carbocycles. The molecule has 3 N–H and O–H groups in total. The highest BCUT2D eigenvalue weighted by atomic mass is 16.4. The molecule has 190 valence electrons. The van der Waals surface area contributed by atoms with Crippen LogP contribution in [0.4, 0.5) is 22.7 Å². The van der Waals surface area contributed by atoms with Crippen LogP contribution in [0.2, 0.25) is 0 Å². The molecule has 2 amide bonds. The first-order valence-corrected chi connectivity index (χ1v) is 12.1. The van der Waals surface area contributed by atoms with Gasteiger partial charge in [-0.15, -0.1) is 0 Å². The second-order valence-corrected chi connectivity index (χ2v) is 8.60. The Labute approximate surface area is 208 Å². The molecule has 2 rings (SSSR count). The highest BCUT2D eigenvalue weighted by Gasteiger charge is 2.41. The summed E-state index contributed by atoms with van der Waals surface area (Å²) in [5.41, 5.74) is 1.92. The summed E-state index contributed by atoms with van der Waals surface area (Å²) in [5, 5.41) is 16.2. The van der Waals surface area contributed by atoms with Gasteiger partial charge in [0.1, 0.15) is 5.41 Å². The van der Waals surface area contributed by atoms with Gasteiger partial charge in [0.05, 0.1) is 0 Å². The number of carboxylic acid groups (broad SMARTS) is 1. The van der Waals surface area contributed by atoms with Crippen LogP contribution in [0, 0.1) is 0 Å². The van der Waals surface area contributed by atoms with E-state index in [4.69, 9.17) is 0 Å². The number of aliphatic carboxylic acids is 1. The number of benzene rings is 2. The minimum Gasteiger partial charge on any atom is -0.480 e.